The van der Waals surface area contributed by atoms with Crippen molar-refractivity contribution in [2.75, 3.05) is 6.67 Å². The van der Waals surface area contributed by atoms with E-state index in [2.05, 4.69) is 12.6 Å². The Morgan fingerprint density at radius 2 is 1.32 bits per heavy atom. The highest BCUT2D eigenvalue weighted by atomic mass is 19.4. The SMILES string of the molecule is C=C/C(C)=C(/C)c1cc(CCCCCF)cc(CCc2cc(C(C)(F)F)cc(C(F)(F)F)c2)c1. The van der Waals surface area contributed by atoms with Crippen molar-refractivity contribution in [2.45, 2.75) is 71.4 Å². The molecule has 0 aliphatic rings. The van der Waals surface area contributed by atoms with Crippen LogP contribution in [0.15, 0.2) is 54.6 Å². The largest absolute Gasteiger partial charge is 0.416 e. The Balaban J connectivity index is 2.37. The molecular formula is C28H32F6. The minimum absolute atomic E-state index is 0.195. The van der Waals surface area contributed by atoms with E-state index in [0.717, 1.165) is 59.2 Å². The van der Waals surface area contributed by atoms with Crippen LogP contribution in [-0.4, -0.2) is 6.67 Å². The zero-order valence-electron chi connectivity index (χ0n) is 20.0. The Morgan fingerprint density at radius 3 is 1.85 bits per heavy atom. The summed E-state index contributed by atoms with van der Waals surface area (Å²) < 4.78 is 80.0. The third kappa shape index (κ3) is 8.07. The van der Waals surface area contributed by atoms with Gasteiger partial charge in [-0.05, 0) is 97.6 Å². The normalized spacial score (nSPS) is 13.1. The molecule has 0 bridgehead atoms. The molecule has 0 nitrogen and oxygen atoms in total. The molecule has 186 valence electrons. The lowest BCUT2D eigenvalue weighted by Gasteiger charge is -2.17. The van der Waals surface area contributed by atoms with E-state index in [1.54, 1.807) is 6.08 Å². The van der Waals surface area contributed by atoms with Crippen molar-refractivity contribution < 1.29 is 26.3 Å². The minimum Gasteiger partial charge on any atom is -0.251 e. The first-order valence-corrected chi connectivity index (χ1v) is 11.4. The number of hydrogen-bond acceptors (Lipinski definition) is 0. The van der Waals surface area contributed by atoms with Gasteiger partial charge in [0.1, 0.15) is 0 Å². The Bertz CT molecular complexity index is 976. The maximum Gasteiger partial charge on any atom is 0.416 e. The second-order valence-corrected chi connectivity index (χ2v) is 8.85. The van der Waals surface area contributed by atoms with Gasteiger partial charge in [-0.2, -0.15) is 13.2 Å². The predicted octanol–water partition coefficient (Wildman–Crippen LogP) is 9.26. The molecule has 0 heterocycles. The average Bonchev–Trinajstić information content (AvgIpc) is 2.78. The molecule has 0 aliphatic carbocycles. The summed E-state index contributed by atoms with van der Waals surface area (Å²) in [5.74, 6) is -3.37. The van der Waals surface area contributed by atoms with Crippen LogP contribution in [0.3, 0.4) is 0 Å². The fraction of sp³-hybridized carbons (Fsp3) is 0.429. The second kappa shape index (κ2) is 11.8. The van der Waals surface area contributed by atoms with Crippen molar-refractivity contribution in [3.05, 3.63) is 88.0 Å². The molecule has 0 saturated carbocycles. The molecule has 0 spiro atoms. The number of hydrogen-bond donors (Lipinski definition) is 0. The zero-order valence-corrected chi connectivity index (χ0v) is 20.0. The van der Waals surface area contributed by atoms with Crippen LogP contribution >= 0.6 is 0 Å². The summed E-state index contributed by atoms with van der Waals surface area (Å²) in [5, 5.41) is 0. The number of alkyl halides is 6. The van der Waals surface area contributed by atoms with E-state index >= 15 is 0 Å². The van der Waals surface area contributed by atoms with Crippen LogP contribution in [0.25, 0.3) is 5.57 Å². The van der Waals surface area contributed by atoms with Gasteiger partial charge < -0.3 is 0 Å². The van der Waals surface area contributed by atoms with E-state index in [9.17, 15) is 26.3 Å². The van der Waals surface area contributed by atoms with E-state index in [1.165, 1.54) is 0 Å². The quantitative estimate of drug-likeness (QED) is 0.170. The number of rotatable bonds is 11. The fourth-order valence-electron chi connectivity index (χ4n) is 3.79. The summed E-state index contributed by atoms with van der Waals surface area (Å²) >= 11 is 0. The molecule has 0 fully saturated rings. The summed E-state index contributed by atoms with van der Waals surface area (Å²) in [6, 6.07) is 8.68. The van der Waals surface area contributed by atoms with Gasteiger partial charge in [0.15, 0.2) is 0 Å². The number of halogens is 6. The molecular weight excluding hydrogens is 450 g/mol. The summed E-state index contributed by atoms with van der Waals surface area (Å²) in [7, 11) is 0. The van der Waals surface area contributed by atoms with Crippen LogP contribution in [0.4, 0.5) is 26.3 Å². The molecule has 2 rings (SSSR count). The van der Waals surface area contributed by atoms with E-state index < -0.39 is 23.2 Å². The van der Waals surface area contributed by atoms with E-state index in [1.807, 2.05) is 26.0 Å². The lowest BCUT2D eigenvalue weighted by molar-refractivity contribution is -0.137. The van der Waals surface area contributed by atoms with Gasteiger partial charge in [-0.3, -0.25) is 4.39 Å². The molecule has 0 saturated heterocycles. The van der Waals surface area contributed by atoms with Crippen LogP contribution in [0.5, 0.6) is 0 Å². The molecule has 0 atom stereocenters. The van der Waals surface area contributed by atoms with Crippen molar-refractivity contribution in [1.29, 1.82) is 0 Å². The molecule has 0 radical (unpaired) electrons. The standard InChI is InChI=1S/C28H32F6/c1-5-19(2)20(3)24-14-21(9-7-6-8-12-29)13-22(15-24)10-11-23-16-25(27(4,30)31)18-26(17-23)28(32,33)34/h5,13-18H,1,6-12H2,2-4H3/b20-19-. The van der Waals surface area contributed by atoms with Gasteiger partial charge in [-0.25, -0.2) is 8.78 Å². The van der Waals surface area contributed by atoms with Crippen LogP contribution < -0.4 is 0 Å². The van der Waals surface area contributed by atoms with Gasteiger partial charge in [0, 0.05) is 12.5 Å². The average molecular weight is 483 g/mol. The first-order valence-electron chi connectivity index (χ1n) is 11.4. The van der Waals surface area contributed by atoms with Crippen molar-refractivity contribution in [2.24, 2.45) is 0 Å². The van der Waals surface area contributed by atoms with E-state index in [0.29, 0.717) is 25.8 Å². The van der Waals surface area contributed by atoms with Crippen molar-refractivity contribution in [1.82, 2.24) is 0 Å². The topological polar surface area (TPSA) is 0 Å². The minimum atomic E-state index is -4.70. The zero-order chi connectivity index (χ0) is 25.5. The summed E-state index contributed by atoms with van der Waals surface area (Å²) in [6.07, 6.45) is 0.541. The lowest BCUT2D eigenvalue weighted by atomic mass is 9.92. The maximum absolute atomic E-state index is 13.8. The molecule has 34 heavy (non-hydrogen) atoms. The number of benzene rings is 2. The van der Waals surface area contributed by atoms with Crippen LogP contribution in [-0.2, 0) is 31.4 Å². The van der Waals surface area contributed by atoms with Gasteiger partial charge in [0.05, 0.1) is 12.2 Å². The van der Waals surface area contributed by atoms with Gasteiger partial charge in [0.25, 0.3) is 5.92 Å². The third-order valence-electron chi connectivity index (χ3n) is 6.01. The fourth-order valence-corrected chi connectivity index (χ4v) is 3.79. The molecule has 0 amide bonds. The lowest BCUT2D eigenvalue weighted by Crippen LogP contribution is -2.13. The molecule has 0 aromatic heterocycles. The number of allylic oxidation sites excluding steroid dienone is 3. The molecule has 0 unspecified atom stereocenters. The van der Waals surface area contributed by atoms with Gasteiger partial charge in [-0.1, -0.05) is 37.3 Å². The second-order valence-electron chi connectivity index (χ2n) is 8.85. The van der Waals surface area contributed by atoms with Gasteiger partial charge in [0.2, 0.25) is 0 Å². The highest BCUT2D eigenvalue weighted by Gasteiger charge is 2.34. The summed E-state index contributed by atoms with van der Waals surface area (Å²) in [6.45, 7) is 7.99. The number of unbranched alkanes of at least 4 members (excludes halogenated alkanes) is 2. The molecule has 0 aliphatic heterocycles. The van der Waals surface area contributed by atoms with Crippen molar-refractivity contribution >= 4 is 5.57 Å². The van der Waals surface area contributed by atoms with Gasteiger partial charge in [-0.15, -0.1) is 0 Å². The highest BCUT2D eigenvalue weighted by molar-refractivity contribution is 5.69. The predicted molar refractivity (Wildman–Crippen MR) is 127 cm³/mol. The van der Waals surface area contributed by atoms with Crippen LogP contribution in [0.1, 0.15) is 73.4 Å². The molecule has 2 aromatic carbocycles. The number of aryl methyl sites for hydroxylation is 3. The Labute approximate surface area is 198 Å². The van der Waals surface area contributed by atoms with Crippen LogP contribution in [0, 0.1) is 0 Å². The van der Waals surface area contributed by atoms with Gasteiger partial charge >= 0.3 is 6.18 Å². The van der Waals surface area contributed by atoms with E-state index in [-0.39, 0.29) is 18.7 Å². The smallest absolute Gasteiger partial charge is 0.251 e. The first kappa shape index (κ1) is 27.7. The molecule has 2 aromatic rings. The Kier molecular flexibility index (Phi) is 9.60. The highest BCUT2D eigenvalue weighted by Crippen LogP contribution is 2.35. The molecule has 6 heteroatoms. The summed E-state index contributed by atoms with van der Waals surface area (Å²) in [5.41, 5.74) is 3.52. The molecule has 0 N–H and O–H groups in total. The Morgan fingerprint density at radius 1 is 0.765 bits per heavy atom. The first-order chi connectivity index (χ1) is 15.8. The van der Waals surface area contributed by atoms with E-state index in [4.69, 9.17) is 0 Å². The Hall–Kier alpha value is -2.50. The maximum atomic E-state index is 13.8. The monoisotopic (exact) mass is 482 g/mol. The van der Waals surface area contributed by atoms with Crippen LogP contribution in [0.2, 0.25) is 0 Å². The van der Waals surface area contributed by atoms with Crippen molar-refractivity contribution in [3.8, 4) is 0 Å². The summed E-state index contributed by atoms with van der Waals surface area (Å²) in [4.78, 5) is 0. The third-order valence-corrected chi connectivity index (χ3v) is 6.01. The van der Waals surface area contributed by atoms with Crippen molar-refractivity contribution in [3.63, 3.8) is 0 Å².